The summed E-state index contributed by atoms with van der Waals surface area (Å²) in [5.41, 5.74) is 1.29. The summed E-state index contributed by atoms with van der Waals surface area (Å²) in [5.74, 6) is -0.690. The number of nitrogens with zero attached hydrogens (tertiary/aromatic N) is 3. The van der Waals surface area contributed by atoms with Crippen molar-refractivity contribution in [2.24, 2.45) is 0 Å². The van der Waals surface area contributed by atoms with E-state index in [1.54, 1.807) is 19.1 Å². The zero-order chi connectivity index (χ0) is 29.5. The van der Waals surface area contributed by atoms with Gasteiger partial charge in [-0.2, -0.15) is 26.3 Å². The molecular formula is C24H30F6N4O5S. The number of pyridine rings is 1. The Hall–Kier alpha value is -2.62. The number of halogens is 6. The number of likely N-dealkylation sites (tertiary alicyclic amines) is 2. The van der Waals surface area contributed by atoms with Gasteiger partial charge >= 0.3 is 18.4 Å². The maximum absolute atomic E-state index is 12.8. The number of alkyl halides is 6. The molecule has 4 rings (SSSR count). The van der Waals surface area contributed by atoms with E-state index in [0.29, 0.717) is 62.1 Å². The summed E-state index contributed by atoms with van der Waals surface area (Å²) in [6, 6.07) is 3.56. The van der Waals surface area contributed by atoms with Crippen LogP contribution in [0.25, 0.3) is 0 Å². The summed E-state index contributed by atoms with van der Waals surface area (Å²) < 4.78 is 107. The summed E-state index contributed by atoms with van der Waals surface area (Å²) in [5, 5.41) is -0.554. The Morgan fingerprint density at radius 1 is 1.07 bits per heavy atom. The summed E-state index contributed by atoms with van der Waals surface area (Å²) in [7, 11) is -3.72. The van der Waals surface area contributed by atoms with Crippen LogP contribution in [0.1, 0.15) is 55.5 Å². The lowest BCUT2D eigenvalue weighted by Crippen LogP contribution is -2.54. The quantitative estimate of drug-likeness (QED) is 0.477. The number of carbonyl (C=O) groups excluding carboxylic acids is 2. The second-order valence-electron chi connectivity index (χ2n) is 10.6. The van der Waals surface area contributed by atoms with Crippen LogP contribution in [-0.4, -0.2) is 84.1 Å². The molecule has 0 aromatic carbocycles. The number of aromatic nitrogens is 1. The van der Waals surface area contributed by atoms with Crippen molar-refractivity contribution in [3.05, 3.63) is 29.1 Å². The van der Waals surface area contributed by atoms with Crippen LogP contribution in [0.4, 0.5) is 31.1 Å². The standard InChI is InChI=1S/C24H30F6N4O5S/c1-15-3-4-16(18(31-15)13-19(35)32-40(37,38)17-5-6-17)14-34-10-2-7-22(34)8-11-33(12-9-22)21(36)39-20(23(25,26)27)24(28,29)30/h3-4,17,20H,2,5-14H2,1H3,(H,32,35). The number of carbonyl (C=O) groups is 2. The van der Waals surface area contributed by atoms with Crippen LogP contribution in [0.5, 0.6) is 0 Å². The normalized spacial score (nSPS) is 20.2. The van der Waals surface area contributed by atoms with Crippen molar-refractivity contribution < 1.29 is 49.1 Å². The smallest absolute Gasteiger partial charge is 0.426 e. The van der Waals surface area contributed by atoms with Gasteiger partial charge in [0.15, 0.2) is 0 Å². The Morgan fingerprint density at radius 3 is 2.27 bits per heavy atom. The summed E-state index contributed by atoms with van der Waals surface area (Å²) in [6.07, 6.45) is -14.6. The first kappa shape index (κ1) is 30.3. The molecule has 2 amide bonds. The third-order valence-corrected chi connectivity index (χ3v) is 9.48. The van der Waals surface area contributed by atoms with Gasteiger partial charge in [-0.05, 0) is 63.6 Å². The molecule has 3 fully saturated rings. The average Bonchev–Trinajstić information content (AvgIpc) is 3.63. The highest BCUT2D eigenvalue weighted by Gasteiger charge is 2.60. The molecule has 2 saturated heterocycles. The summed E-state index contributed by atoms with van der Waals surface area (Å²) >= 11 is 0. The molecule has 0 unspecified atom stereocenters. The minimum Gasteiger partial charge on any atom is -0.426 e. The Balaban J connectivity index is 1.41. The highest BCUT2D eigenvalue weighted by molar-refractivity contribution is 7.90. The Morgan fingerprint density at radius 2 is 1.70 bits per heavy atom. The van der Waals surface area contributed by atoms with E-state index in [9.17, 15) is 44.3 Å². The Kier molecular flexibility index (Phi) is 8.33. The second kappa shape index (κ2) is 11.0. The molecule has 1 aliphatic carbocycles. The predicted octanol–water partition coefficient (Wildman–Crippen LogP) is 3.60. The van der Waals surface area contributed by atoms with Crippen LogP contribution >= 0.6 is 0 Å². The molecule has 1 spiro atoms. The van der Waals surface area contributed by atoms with E-state index >= 15 is 0 Å². The lowest BCUT2D eigenvalue weighted by atomic mass is 9.84. The molecule has 9 nitrogen and oxygen atoms in total. The van der Waals surface area contributed by atoms with E-state index in [2.05, 4.69) is 19.3 Å². The Labute approximate surface area is 227 Å². The zero-order valence-corrected chi connectivity index (χ0v) is 22.5. The predicted molar refractivity (Wildman–Crippen MR) is 128 cm³/mol. The van der Waals surface area contributed by atoms with E-state index in [1.807, 2.05) is 0 Å². The molecule has 2 aliphatic heterocycles. The van der Waals surface area contributed by atoms with E-state index in [-0.39, 0.29) is 19.5 Å². The first-order valence-electron chi connectivity index (χ1n) is 12.8. The van der Waals surface area contributed by atoms with Crippen molar-refractivity contribution in [2.75, 3.05) is 19.6 Å². The maximum Gasteiger partial charge on any atom is 0.434 e. The molecule has 224 valence electrons. The molecule has 40 heavy (non-hydrogen) atoms. The van der Waals surface area contributed by atoms with Crippen LogP contribution in [-0.2, 0) is 32.5 Å². The SMILES string of the molecule is Cc1ccc(CN2CCCC23CCN(C(=O)OC(C(F)(F)F)C(F)(F)F)CC3)c(CC(=O)NS(=O)(=O)C2CC2)n1. The number of hydrogen-bond donors (Lipinski definition) is 1. The fourth-order valence-corrected chi connectivity index (χ4v) is 6.67. The number of ether oxygens (including phenoxy) is 1. The van der Waals surface area contributed by atoms with Gasteiger partial charge in [-0.15, -0.1) is 0 Å². The van der Waals surface area contributed by atoms with Gasteiger partial charge in [0.25, 0.3) is 6.10 Å². The van der Waals surface area contributed by atoms with E-state index in [1.165, 1.54) is 0 Å². The second-order valence-corrected chi connectivity index (χ2v) is 12.5. The third kappa shape index (κ3) is 6.98. The van der Waals surface area contributed by atoms with Crippen LogP contribution in [0, 0.1) is 6.92 Å². The molecule has 0 bridgehead atoms. The number of sulfonamides is 1. The molecule has 3 heterocycles. The van der Waals surface area contributed by atoms with Gasteiger partial charge in [0.2, 0.25) is 15.9 Å². The van der Waals surface area contributed by atoms with Crippen LogP contribution in [0.15, 0.2) is 12.1 Å². The fraction of sp³-hybridized carbons (Fsp3) is 0.708. The van der Waals surface area contributed by atoms with Gasteiger partial charge < -0.3 is 9.64 Å². The molecule has 0 radical (unpaired) electrons. The van der Waals surface area contributed by atoms with Gasteiger partial charge in [0.1, 0.15) is 0 Å². The first-order chi connectivity index (χ1) is 18.5. The van der Waals surface area contributed by atoms with Crippen LogP contribution in [0.2, 0.25) is 0 Å². The zero-order valence-electron chi connectivity index (χ0n) is 21.6. The largest absolute Gasteiger partial charge is 0.434 e. The highest BCUT2D eigenvalue weighted by atomic mass is 32.2. The van der Waals surface area contributed by atoms with Gasteiger partial charge in [0, 0.05) is 30.9 Å². The summed E-state index contributed by atoms with van der Waals surface area (Å²) in [6.45, 7) is 2.56. The number of aryl methyl sites for hydroxylation is 1. The minimum atomic E-state index is -5.79. The third-order valence-electron chi connectivity index (χ3n) is 7.62. The minimum absolute atomic E-state index is 0.0851. The first-order valence-corrected chi connectivity index (χ1v) is 14.4. The van der Waals surface area contributed by atoms with Crippen molar-refractivity contribution >= 4 is 22.0 Å². The number of rotatable bonds is 7. The number of piperidine rings is 1. The molecular weight excluding hydrogens is 570 g/mol. The topological polar surface area (TPSA) is 109 Å². The fourth-order valence-electron chi connectivity index (χ4n) is 5.36. The van der Waals surface area contributed by atoms with Crippen molar-refractivity contribution in [1.29, 1.82) is 0 Å². The lowest BCUT2D eigenvalue weighted by Gasteiger charge is -2.45. The maximum atomic E-state index is 12.8. The molecule has 1 aromatic heterocycles. The lowest BCUT2D eigenvalue weighted by molar-refractivity contribution is -0.308. The number of amides is 2. The number of hydrogen-bond acceptors (Lipinski definition) is 7. The van der Waals surface area contributed by atoms with E-state index in [4.69, 9.17) is 0 Å². The van der Waals surface area contributed by atoms with Crippen LogP contribution < -0.4 is 4.72 Å². The van der Waals surface area contributed by atoms with Gasteiger partial charge in [-0.25, -0.2) is 13.2 Å². The van der Waals surface area contributed by atoms with Crippen molar-refractivity contribution in [3.8, 4) is 0 Å². The summed E-state index contributed by atoms with van der Waals surface area (Å²) in [4.78, 5) is 32.2. The van der Waals surface area contributed by atoms with Crippen LogP contribution in [0.3, 0.4) is 0 Å². The van der Waals surface area contributed by atoms with Crippen molar-refractivity contribution in [2.45, 2.75) is 87.7 Å². The average molecular weight is 601 g/mol. The highest BCUT2D eigenvalue weighted by Crippen LogP contribution is 2.41. The molecule has 1 N–H and O–H groups in total. The van der Waals surface area contributed by atoms with E-state index < -0.39 is 51.3 Å². The van der Waals surface area contributed by atoms with Crippen molar-refractivity contribution in [1.82, 2.24) is 19.5 Å². The molecule has 16 heteroatoms. The number of nitrogens with one attached hydrogen (secondary N) is 1. The van der Waals surface area contributed by atoms with Gasteiger partial charge in [-0.1, -0.05) is 6.07 Å². The van der Waals surface area contributed by atoms with Gasteiger partial charge in [0.05, 0.1) is 17.4 Å². The molecule has 1 aromatic rings. The molecule has 1 saturated carbocycles. The molecule has 0 atom stereocenters. The van der Waals surface area contributed by atoms with Crippen molar-refractivity contribution in [3.63, 3.8) is 0 Å². The molecule has 3 aliphatic rings. The van der Waals surface area contributed by atoms with E-state index in [0.717, 1.165) is 11.3 Å². The van der Waals surface area contributed by atoms with Gasteiger partial charge in [-0.3, -0.25) is 19.4 Å². The Bertz CT molecular complexity index is 1210. The monoisotopic (exact) mass is 600 g/mol.